The zero-order valence-electron chi connectivity index (χ0n) is 5.75. The van der Waals surface area contributed by atoms with E-state index in [1.165, 1.54) is 4.46 Å². The van der Waals surface area contributed by atoms with E-state index >= 15 is 0 Å². The Balaban J connectivity index is 2.60. The molecule has 1 aromatic carbocycles. The number of benzene rings is 1. The van der Waals surface area contributed by atoms with Crippen molar-refractivity contribution in [2.45, 2.75) is 5.32 Å². The summed E-state index contributed by atoms with van der Waals surface area (Å²) < 4.78 is 1.23. The average Bonchev–Trinajstić information content (AvgIpc) is 2.04. The van der Waals surface area contributed by atoms with Crippen LogP contribution in [0.15, 0.2) is 24.3 Å². The molecule has 0 aromatic heterocycles. The minimum atomic E-state index is 0.291. The molecule has 0 aliphatic rings. The van der Waals surface area contributed by atoms with Gasteiger partial charge in [-0.15, -0.1) is 0 Å². The Morgan fingerprint density at radius 3 is 2.55 bits per heavy atom. The van der Waals surface area contributed by atoms with Gasteiger partial charge in [0, 0.05) is 0 Å². The van der Waals surface area contributed by atoms with Gasteiger partial charge in [0.05, 0.1) is 0 Å². The predicted molar refractivity (Wildman–Crippen MR) is 47.3 cm³/mol. The van der Waals surface area contributed by atoms with Crippen LogP contribution >= 0.6 is 11.6 Å². The van der Waals surface area contributed by atoms with Crippen LogP contribution < -0.4 is 4.46 Å². The number of hydrogen-bond donors (Lipinski definition) is 0. The summed E-state index contributed by atoms with van der Waals surface area (Å²) in [5, 5.41) is 9.71. The van der Waals surface area contributed by atoms with E-state index in [4.69, 9.17) is 16.9 Å². The van der Waals surface area contributed by atoms with Crippen molar-refractivity contribution >= 4 is 31.0 Å². The number of nitrogens with zero attached hydrogens (tertiary/aromatic N) is 1. The molecule has 0 saturated carbocycles. The molecular formula is C8H6ClNSe. The van der Waals surface area contributed by atoms with Crippen LogP contribution in [0, 0.1) is 11.3 Å². The van der Waals surface area contributed by atoms with Crippen molar-refractivity contribution in [3.63, 3.8) is 0 Å². The molecular weight excluding hydrogens is 225 g/mol. The van der Waals surface area contributed by atoms with E-state index in [1.54, 1.807) is 0 Å². The SMILES string of the molecule is N#CC[Se]c1ccc(Cl)cc1. The number of hydrogen-bond acceptors (Lipinski definition) is 1. The molecule has 1 rings (SSSR count). The molecule has 1 nitrogen and oxygen atoms in total. The van der Waals surface area contributed by atoms with E-state index in [2.05, 4.69) is 6.07 Å². The summed E-state index contributed by atoms with van der Waals surface area (Å²) in [5.74, 6) is 0. The van der Waals surface area contributed by atoms with Gasteiger partial charge < -0.3 is 0 Å². The van der Waals surface area contributed by atoms with Crippen molar-refractivity contribution in [2.75, 3.05) is 0 Å². The Hall–Kier alpha value is -0.481. The summed E-state index contributed by atoms with van der Waals surface area (Å²) in [5.41, 5.74) is 0. The van der Waals surface area contributed by atoms with Gasteiger partial charge in [-0.05, 0) is 0 Å². The Kier molecular flexibility index (Phi) is 3.45. The maximum atomic E-state index is 8.32. The van der Waals surface area contributed by atoms with Gasteiger partial charge in [0.15, 0.2) is 0 Å². The minimum absolute atomic E-state index is 0.291. The Morgan fingerprint density at radius 2 is 2.00 bits per heavy atom. The third kappa shape index (κ3) is 2.94. The fourth-order valence-electron chi connectivity index (χ4n) is 0.646. The van der Waals surface area contributed by atoms with E-state index in [9.17, 15) is 0 Å². The van der Waals surface area contributed by atoms with Crippen LogP contribution in [-0.4, -0.2) is 15.0 Å². The van der Waals surface area contributed by atoms with Crippen LogP contribution in [0.4, 0.5) is 0 Å². The van der Waals surface area contributed by atoms with Crippen LogP contribution in [0.3, 0.4) is 0 Å². The Morgan fingerprint density at radius 1 is 1.36 bits per heavy atom. The molecule has 0 fully saturated rings. The first-order chi connectivity index (χ1) is 5.33. The first-order valence-electron chi connectivity index (χ1n) is 3.08. The molecule has 0 radical (unpaired) electrons. The second-order valence-electron chi connectivity index (χ2n) is 1.90. The average molecular weight is 231 g/mol. The summed E-state index contributed by atoms with van der Waals surface area (Å²) >= 11 is 5.98. The fourth-order valence-corrected chi connectivity index (χ4v) is 1.95. The molecule has 0 saturated heterocycles. The second kappa shape index (κ2) is 4.41. The van der Waals surface area contributed by atoms with Gasteiger partial charge in [-0.2, -0.15) is 0 Å². The topological polar surface area (TPSA) is 23.8 Å². The van der Waals surface area contributed by atoms with Crippen LogP contribution in [-0.2, 0) is 0 Å². The molecule has 0 atom stereocenters. The molecule has 3 heteroatoms. The Bertz CT molecular complexity index is 262. The van der Waals surface area contributed by atoms with E-state index in [0.717, 1.165) is 5.02 Å². The van der Waals surface area contributed by atoms with Gasteiger partial charge in [-0.25, -0.2) is 0 Å². The predicted octanol–water partition coefficient (Wildman–Crippen LogP) is 1.61. The van der Waals surface area contributed by atoms with Crippen molar-refractivity contribution in [1.29, 1.82) is 5.26 Å². The molecule has 1 aromatic rings. The van der Waals surface area contributed by atoms with Crippen molar-refractivity contribution in [3.05, 3.63) is 29.3 Å². The van der Waals surface area contributed by atoms with Crippen molar-refractivity contribution in [1.82, 2.24) is 0 Å². The zero-order chi connectivity index (χ0) is 8.10. The molecule has 0 heterocycles. The van der Waals surface area contributed by atoms with Crippen LogP contribution in [0.2, 0.25) is 10.3 Å². The molecule has 0 aliphatic carbocycles. The van der Waals surface area contributed by atoms with E-state index in [1.807, 2.05) is 24.3 Å². The third-order valence-electron chi connectivity index (χ3n) is 1.12. The van der Waals surface area contributed by atoms with E-state index < -0.39 is 0 Å². The van der Waals surface area contributed by atoms with Gasteiger partial charge in [0.2, 0.25) is 0 Å². The quantitative estimate of drug-likeness (QED) is 0.708. The van der Waals surface area contributed by atoms with Gasteiger partial charge >= 0.3 is 77.0 Å². The number of rotatable bonds is 2. The van der Waals surface area contributed by atoms with Gasteiger partial charge in [0.25, 0.3) is 0 Å². The molecule has 0 bridgehead atoms. The second-order valence-corrected chi connectivity index (χ2v) is 4.54. The first kappa shape index (κ1) is 8.61. The third-order valence-corrected chi connectivity index (χ3v) is 3.21. The first-order valence-corrected chi connectivity index (χ1v) is 5.53. The zero-order valence-corrected chi connectivity index (χ0v) is 8.22. The standard InChI is InChI=1S/C8H6ClNSe/c9-7-1-3-8(4-2-7)11-6-5-10/h1-4H,6H2. The van der Waals surface area contributed by atoms with Crippen molar-refractivity contribution < 1.29 is 0 Å². The van der Waals surface area contributed by atoms with Gasteiger partial charge in [-0.3, -0.25) is 0 Å². The van der Waals surface area contributed by atoms with E-state index in [0.29, 0.717) is 20.3 Å². The molecule has 0 aliphatic heterocycles. The molecule has 0 N–H and O–H groups in total. The van der Waals surface area contributed by atoms with Gasteiger partial charge in [0.1, 0.15) is 0 Å². The summed E-state index contributed by atoms with van der Waals surface area (Å²) in [7, 11) is 0. The maximum absolute atomic E-state index is 8.32. The molecule has 11 heavy (non-hydrogen) atoms. The Labute approximate surface area is 77.1 Å². The van der Waals surface area contributed by atoms with Crippen molar-refractivity contribution in [3.8, 4) is 6.07 Å². The van der Waals surface area contributed by atoms with Crippen LogP contribution in [0.25, 0.3) is 0 Å². The van der Waals surface area contributed by atoms with E-state index in [-0.39, 0.29) is 0 Å². The number of nitriles is 1. The summed E-state index contributed by atoms with van der Waals surface area (Å²) in [6, 6.07) is 9.78. The molecule has 56 valence electrons. The summed E-state index contributed by atoms with van der Waals surface area (Å²) in [6.07, 6.45) is 0. The molecule has 0 spiro atoms. The van der Waals surface area contributed by atoms with Gasteiger partial charge in [-0.1, -0.05) is 0 Å². The number of halogens is 1. The fraction of sp³-hybridized carbons (Fsp3) is 0.125. The summed E-state index contributed by atoms with van der Waals surface area (Å²) in [6.45, 7) is 0. The normalized spacial score (nSPS) is 9.09. The molecule has 0 amide bonds. The van der Waals surface area contributed by atoms with Crippen molar-refractivity contribution in [2.24, 2.45) is 0 Å². The van der Waals surface area contributed by atoms with Crippen LogP contribution in [0.5, 0.6) is 0 Å². The van der Waals surface area contributed by atoms with Crippen LogP contribution in [0.1, 0.15) is 0 Å². The summed E-state index contributed by atoms with van der Waals surface area (Å²) in [4.78, 5) is 0. The monoisotopic (exact) mass is 231 g/mol. The molecule has 0 unspecified atom stereocenters.